The molecule has 0 fully saturated rings. The molecule has 0 saturated carbocycles. The van der Waals surface area contributed by atoms with E-state index in [1.54, 1.807) is 12.3 Å². The van der Waals surface area contributed by atoms with E-state index in [-0.39, 0.29) is 5.82 Å². The molecule has 3 N–H and O–H groups in total. The minimum atomic E-state index is -1.24. The van der Waals surface area contributed by atoms with Crippen molar-refractivity contribution in [3.8, 4) is 0 Å². The Kier molecular flexibility index (Phi) is 2.85. The molecule has 0 aliphatic carbocycles. The van der Waals surface area contributed by atoms with Gasteiger partial charge in [0.2, 0.25) is 0 Å². The van der Waals surface area contributed by atoms with Crippen LogP contribution < -0.4 is 11.1 Å². The molecule has 1 aliphatic rings. The maximum Gasteiger partial charge on any atom is 0.156 e. The van der Waals surface area contributed by atoms with Gasteiger partial charge >= 0.3 is 0 Å². The highest BCUT2D eigenvalue weighted by Gasteiger charge is 2.24. The molecule has 3 nitrogen and oxygen atoms in total. The SMILES string of the molecule is Cc1ccnc(N)c1C(F)c1cccc2c1NCC2. The van der Waals surface area contributed by atoms with E-state index >= 15 is 0 Å². The monoisotopic (exact) mass is 257 g/mol. The van der Waals surface area contributed by atoms with Crippen LogP contribution in [0.1, 0.15) is 28.4 Å². The first-order valence-corrected chi connectivity index (χ1v) is 6.39. The van der Waals surface area contributed by atoms with Crippen LogP contribution in [0.3, 0.4) is 0 Å². The molecular weight excluding hydrogens is 241 g/mol. The van der Waals surface area contributed by atoms with Crippen molar-refractivity contribution in [1.29, 1.82) is 0 Å². The molecular formula is C15H16FN3. The van der Waals surface area contributed by atoms with Crippen molar-refractivity contribution in [2.45, 2.75) is 19.5 Å². The van der Waals surface area contributed by atoms with Crippen molar-refractivity contribution in [1.82, 2.24) is 4.98 Å². The number of rotatable bonds is 2. The molecule has 0 bridgehead atoms. The summed E-state index contributed by atoms with van der Waals surface area (Å²) in [5.41, 5.74) is 9.87. The number of nitrogen functional groups attached to an aromatic ring is 1. The predicted molar refractivity (Wildman–Crippen MR) is 75.0 cm³/mol. The standard InChI is InChI=1S/C15H16FN3/c1-9-5-7-19-15(17)12(9)13(16)11-4-2-3-10-6-8-18-14(10)11/h2-5,7,13,18H,6,8H2,1H3,(H2,17,19). The summed E-state index contributed by atoms with van der Waals surface area (Å²) in [5, 5.41) is 3.26. The molecule has 4 heteroatoms. The Morgan fingerprint density at radius 1 is 1.37 bits per heavy atom. The number of fused-ring (bicyclic) bond motifs is 1. The summed E-state index contributed by atoms with van der Waals surface area (Å²) in [7, 11) is 0. The average Bonchev–Trinajstić information content (AvgIpc) is 2.86. The van der Waals surface area contributed by atoms with Gasteiger partial charge in [-0.15, -0.1) is 0 Å². The molecule has 0 spiro atoms. The number of para-hydroxylation sites is 1. The lowest BCUT2D eigenvalue weighted by molar-refractivity contribution is 0.402. The Hall–Kier alpha value is -2.10. The van der Waals surface area contributed by atoms with E-state index in [0.717, 1.165) is 24.2 Å². The minimum Gasteiger partial charge on any atom is -0.384 e. The molecule has 1 aliphatic heterocycles. The van der Waals surface area contributed by atoms with E-state index in [1.165, 1.54) is 5.56 Å². The van der Waals surface area contributed by atoms with Gasteiger partial charge in [-0.25, -0.2) is 9.37 Å². The van der Waals surface area contributed by atoms with Gasteiger partial charge in [0, 0.05) is 29.6 Å². The van der Waals surface area contributed by atoms with E-state index < -0.39 is 6.17 Å². The Labute approximate surface area is 111 Å². The normalized spacial score (nSPS) is 14.8. The molecule has 1 aromatic carbocycles. The summed E-state index contributed by atoms with van der Waals surface area (Å²) in [6, 6.07) is 7.53. The highest BCUT2D eigenvalue weighted by Crippen LogP contribution is 2.38. The maximum atomic E-state index is 14.9. The fourth-order valence-corrected chi connectivity index (χ4v) is 2.65. The number of aromatic nitrogens is 1. The van der Waals surface area contributed by atoms with Gasteiger partial charge in [-0.2, -0.15) is 0 Å². The Bertz CT molecular complexity index is 605. The number of benzene rings is 1. The van der Waals surface area contributed by atoms with Crippen LogP contribution in [0, 0.1) is 6.92 Å². The summed E-state index contributed by atoms with van der Waals surface area (Å²) in [6.45, 7) is 2.72. The van der Waals surface area contributed by atoms with E-state index in [9.17, 15) is 4.39 Å². The number of aryl methyl sites for hydroxylation is 1. The molecule has 1 atom stereocenters. The quantitative estimate of drug-likeness (QED) is 0.869. The Morgan fingerprint density at radius 3 is 3.00 bits per heavy atom. The summed E-state index contributed by atoms with van der Waals surface area (Å²) in [6.07, 6.45) is 1.31. The van der Waals surface area contributed by atoms with Crippen LogP contribution in [0.5, 0.6) is 0 Å². The highest BCUT2D eigenvalue weighted by molar-refractivity contribution is 5.64. The van der Waals surface area contributed by atoms with Crippen molar-refractivity contribution in [2.24, 2.45) is 0 Å². The van der Waals surface area contributed by atoms with E-state index in [4.69, 9.17) is 5.73 Å². The van der Waals surface area contributed by atoms with Gasteiger partial charge in [-0.1, -0.05) is 18.2 Å². The van der Waals surface area contributed by atoms with Crippen LogP contribution in [-0.2, 0) is 6.42 Å². The Balaban J connectivity index is 2.10. The summed E-state index contributed by atoms with van der Waals surface area (Å²) < 4.78 is 14.9. The number of pyridine rings is 1. The van der Waals surface area contributed by atoms with Gasteiger partial charge in [-0.05, 0) is 30.5 Å². The van der Waals surface area contributed by atoms with E-state index in [1.807, 2.05) is 25.1 Å². The van der Waals surface area contributed by atoms with Gasteiger partial charge in [0.25, 0.3) is 0 Å². The minimum absolute atomic E-state index is 0.267. The molecule has 19 heavy (non-hydrogen) atoms. The number of nitrogens with zero attached hydrogens (tertiary/aromatic N) is 1. The molecule has 3 rings (SSSR count). The van der Waals surface area contributed by atoms with Crippen LogP contribution >= 0.6 is 0 Å². The Morgan fingerprint density at radius 2 is 2.21 bits per heavy atom. The number of hydrogen-bond acceptors (Lipinski definition) is 3. The fourth-order valence-electron chi connectivity index (χ4n) is 2.65. The van der Waals surface area contributed by atoms with E-state index in [2.05, 4.69) is 10.3 Å². The second-order valence-electron chi connectivity index (χ2n) is 4.85. The number of hydrogen-bond donors (Lipinski definition) is 2. The van der Waals surface area contributed by atoms with Crippen molar-refractivity contribution in [3.63, 3.8) is 0 Å². The van der Waals surface area contributed by atoms with Crippen molar-refractivity contribution in [3.05, 3.63) is 52.7 Å². The first-order chi connectivity index (χ1) is 9.18. The molecule has 0 amide bonds. The lowest BCUT2D eigenvalue weighted by Crippen LogP contribution is -2.06. The number of nitrogens with one attached hydrogen (secondary N) is 1. The van der Waals surface area contributed by atoms with Crippen LogP contribution in [0.25, 0.3) is 0 Å². The third kappa shape index (κ3) is 1.93. The van der Waals surface area contributed by atoms with Gasteiger partial charge in [0.1, 0.15) is 5.82 Å². The molecule has 1 unspecified atom stereocenters. The van der Waals surface area contributed by atoms with Gasteiger partial charge in [0.15, 0.2) is 6.17 Å². The van der Waals surface area contributed by atoms with Crippen molar-refractivity contribution >= 4 is 11.5 Å². The maximum absolute atomic E-state index is 14.9. The fraction of sp³-hybridized carbons (Fsp3) is 0.267. The van der Waals surface area contributed by atoms with E-state index in [0.29, 0.717) is 11.1 Å². The molecule has 0 radical (unpaired) electrons. The van der Waals surface area contributed by atoms with Crippen molar-refractivity contribution < 1.29 is 4.39 Å². The van der Waals surface area contributed by atoms with Crippen LogP contribution in [0.4, 0.5) is 15.9 Å². The molecule has 98 valence electrons. The van der Waals surface area contributed by atoms with Crippen LogP contribution in [0.15, 0.2) is 30.5 Å². The first kappa shape index (κ1) is 12.0. The van der Waals surface area contributed by atoms with Crippen LogP contribution in [0.2, 0.25) is 0 Å². The van der Waals surface area contributed by atoms with Crippen LogP contribution in [-0.4, -0.2) is 11.5 Å². The van der Waals surface area contributed by atoms with Gasteiger partial charge in [-0.3, -0.25) is 0 Å². The number of alkyl halides is 1. The molecule has 0 saturated heterocycles. The number of nitrogens with two attached hydrogens (primary N) is 1. The van der Waals surface area contributed by atoms with Gasteiger partial charge < -0.3 is 11.1 Å². The highest BCUT2D eigenvalue weighted by atomic mass is 19.1. The topological polar surface area (TPSA) is 50.9 Å². The zero-order chi connectivity index (χ0) is 13.4. The lowest BCUT2D eigenvalue weighted by Gasteiger charge is -2.16. The molecule has 1 aromatic heterocycles. The smallest absolute Gasteiger partial charge is 0.156 e. The summed E-state index contributed by atoms with van der Waals surface area (Å²) >= 11 is 0. The summed E-state index contributed by atoms with van der Waals surface area (Å²) in [4.78, 5) is 4.00. The lowest BCUT2D eigenvalue weighted by atomic mass is 9.96. The second kappa shape index (κ2) is 4.53. The molecule has 2 aromatic rings. The number of anilines is 2. The third-order valence-electron chi connectivity index (χ3n) is 3.64. The molecule has 2 heterocycles. The van der Waals surface area contributed by atoms with Crippen molar-refractivity contribution in [2.75, 3.05) is 17.6 Å². The first-order valence-electron chi connectivity index (χ1n) is 6.39. The zero-order valence-electron chi connectivity index (χ0n) is 10.8. The predicted octanol–water partition coefficient (Wildman–Crippen LogP) is 3.00. The second-order valence-corrected chi connectivity index (χ2v) is 4.85. The largest absolute Gasteiger partial charge is 0.384 e. The summed E-state index contributed by atoms with van der Waals surface area (Å²) in [5.74, 6) is 0.267. The zero-order valence-corrected chi connectivity index (χ0v) is 10.8. The average molecular weight is 257 g/mol. The number of halogens is 1. The third-order valence-corrected chi connectivity index (χ3v) is 3.64. The van der Waals surface area contributed by atoms with Gasteiger partial charge in [0.05, 0.1) is 0 Å².